The van der Waals surface area contributed by atoms with E-state index in [1.54, 1.807) is 6.07 Å². The van der Waals surface area contributed by atoms with Crippen LogP contribution in [-0.4, -0.2) is 0 Å². The van der Waals surface area contributed by atoms with Crippen LogP contribution in [0.15, 0.2) is 66.7 Å². The van der Waals surface area contributed by atoms with Gasteiger partial charge in [-0.1, -0.05) is 24.3 Å². The predicted octanol–water partition coefficient (Wildman–Crippen LogP) is 10.7. The van der Waals surface area contributed by atoms with Crippen molar-refractivity contribution in [2.45, 2.75) is 70.3 Å². The molecule has 0 aliphatic heterocycles. The van der Waals surface area contributed by atoms with Crippen LogP contribution < -0.4 is 4.74 Å². The minimum Gasteiger partial charge on any atom is -0.429 e. The van der Waals surface area contributed by atoms with Crippen molar-refractivity contribution in [1.29, 1.82) is 0 Å². The van der Waals surface area contributed by atoms with Crippen molar-refractivity contribution < 1.29 is 31.1 Å². The van der Waals surface area contributed by atoms with Gasteiger partial charge in [-0.25, -0.2) is 17.6 Å². The summed E-state index contributed by atoms with van der Waals surface area (Å²) in [5.74, 6) is -2.57. The summed E-state index contributed by atoms with van der Waals surface area (Å²) in [6.45, 7) is 2.07. The Morgan fingerprint density at radius 1 is 0.707 bits per heavy atom. The molecule has 41 heavy (non-hydrogen) atoms. The van der Waals surface area contributed by atoms with Gasteiger partial charge in [-0.3, -0.25) is 0 Å². The Morgan fingerprint density at radius 3 is 1.85 bits per heavy atom. The lowest BCUT2D eigenvalue weighted by Gasteiger charge is -2.37. The van der Waals surface area contributed by atoms with Crippen LogP contribution in [0, 0.1) is 41.0 Å². The van der Waals surface area contributed by atoms with Crippen molar-refractivity contribution in [3.63, 3.8) is 0 Å². The first-order valence-corrected chi connectivity index (χ1v) is 14.4. The highest BCUT2D eigenvalue weighted by Crippen LogP contribution is 2.45. The average molecular weight is 573 g/mol. The average Bonchev–Trinajstić information content (AvgIpc) is 2.94. The first-order valence-electron chi connectivity index (χ1n) is 14.4. The molecule has 0 atom stereocenters. The van der Waals surface area contributed by atoms with E-state index in [-0.39, 0.29) is 17.0 Å². The van der Waals surface area contributed by atoms with Crippen molar-refractivity contribution in [3.8, 4) is 16.9 Å². The van der Waals surface area contributed by atoms with E-state index in [1.807, 2.05) is 0 Å². The maximum absolute atomic E-state index is 15.2. The smallest absolute Gasteiger partial charge is 0.429 e. The third kappa shape index (κ3) is 6.65. The summed E-state index contributed by atoms with van der Waals surface area (Å²) in [5.41, 5.74) is -1.02. The van der Waals surface area contributed by atoms with E-state index in [2.05, 4.69) is 23.8 Å². The normalized spacial score (nSPS) is 23.6. The maximum Gasteiger partial charge on any atom is 0.432 e. The van der Waals surface area contributed by atoms with E-state index in [0.29, 0.717) is 24.0 Å². The van der Waals surface area contributed by atoms with Crippen LogP contribution in [0.2, 0.25) is 0 Å². The Hall–Kier alpha value is -3.22. The minimum absolute atomic E-state index is 0.0764. The molecule has 3 aromatic carbocycles. The highest BCUT2D eigenvalue weighted by Gasteiger charge is 2.41. The Morgan fingerprint density at radius 2 is 1.29 bits per heavy atom. The fraction of sp³-hybridized carbons (Fsp3) is 0.412. The molecule has 7 heteroatoms. The number of ether oxygens (including phenoxy) is 1. The Bertz CT molecular complexity index is 1340. The highest BCUT2D eigenvalue weighted by molar-refractivity contribution is 5.65. The fourth-order valence-electron chi connectivity index (χ4n) is 6.73. The topological polar surface area (TPSA) is 9.23 Å². The van der Waals surface area contributed by atoms with Gasteiger partial charge >= 0.3 is 6.11 Å². The second kappa shape index (κ2) is 12.3. The van der Waals surface area contributed by atoms with Crippen LogP contribution in [-0.2, 0) is 6.11 Å². The molecule has 0 heterocycles. The van der Waals surface area contributed by atoms with Crippen LogP contribution in [0.3, 0.4) is 0 Å². The largest absolute Gasteiger partial charge is 0.432 e. The van der Waals surface area contributed by atoms with Gasteiger partial charge in [0, 0.05) is 5.56 Å². The third-order valence-corrected chi connectivity index (χ3v) is 8.89. The lowest BCUT2D eigenvalue weighted by molar-refractivity contribution is -0.189. The zero-order valence-electron chi connectivity index (χ0n) is 23.0. The van der Waals surface area contributed by atoms with E-state index in [0.717, 1.165) is 61.4 Å². The first kappa shape index (κ1) is 29.3. The predicted molar refractivity (Wildman–Crippen MR) is 148 cm³/mol. The summed E-state index contributed by atoms with van der Waals surface area (Å²) in [7, 11) is 0. The molecule has 0 saturated heterocycles. The van der Waals surface area contributed by atoms with Gasteiger partial charge in [0.05, 0.1) is 0 Å². The first-order chi connectivity index (χ1) is 19.6. The van der Waals surface area contributed by atoms with E-state index in [9.17, 15) is 22.0 Å². The van der Waals surface area contributed by atoms with Gasteiger partial charge in [-0.2, -0.15) is 8.78 Å². The third-order valence-electron chi connectivity index (χ3n) is 8.89. The van der Waals surface area contributed by atoms with Gasteiger partial charge < -0.3 is 4.74 Å². The molecule has 1 nitrogen and oxygen atoms in total. The zero-order valence-corrected chi connectivity index (χ0v) is 23.0. The molecule has 2 aliphatic carbocycles. The summed E-state index contributed by atoms with van der Waals surface area (Å²) < 4.78 is 91.7. The molecule has 3 aromatic rings. The Kier molecular flexibility index (Phi) is 8.81. The monoisotopic (exact) mass is 572 g/mol. The van der Waals surface area contributed by atoms with E-state index in [1.165, 1.54) is 37.8 Å². The van der Waals surface area contributed by atoms with Gasteiger partial charge in [0.15, 0.2) is 0 Å². The summed E-state index contributed by atoms with van der Waals surface area (Å²) in [6, 6.07) is 9.59. The number of benzene rings is 3. The molecule has 0 amide bonds. The van der Waals surface area contributed by atoms with Crippen LogP contribution in [0.1, 0.15) is 75.3 Å². The summed E-state index contributed by atoms with van der Waals surface area (Å²) >= 11 is 0. The lowest BCUT2D eigenvalue weighted by atomic mass is 9.68. The molecule has 0 aromatic heterocycles. The van der Waals surface area contributed by atoms with Crippen molar-refractivity contribution in [1.82, 2.24) is 0 Å². The van der Waals surface area contributed by atoms with Gasteiger partial charge in [0.25, 0.3) is 0 Å². The van der Waals surface area contributed by atoms with Crippen molar-refractivity contribution in [3.05, 3.63) is 101 Å². The number of hydrogen-bond acceptors (Lipinski definition) is 1. The number of hydrogen-bond donors (Lipinski definition) is 0. The molecule has 0 N–H and O–H groups in total. The van der Waals surface area contributed by atoms with Gasteiger partial charge in [0.1, 0.15) is 34.6 Å². The fourth-order valence-corrected chi connectivity index (χ4v) is 6.73. The van der Waals surface area contributed by atoms with Crippen LogP contribution >= 0.6 is 0 Å². The molecule has 2 aliphatic rings. The Labute approximate surface area is 237 Å². The van der Waals surface area contributed by atoms with Gasteiger partial charge in [-0.05, 0) is 136 Å². The number of rotatable bonds is 7. The standard InChI is InChI=1S/C34H34F6O/c1-2-3-21-4-6-22(7-5-21)23-8-10-24(11-9-23)25-12-17-29(30(36)18-25)26-19-31(37)33(32(38)20-26)34(39,40)41-28-15-13-27(35)14-16-28/h2-3,12-24H,4-11H2,1H3. The van der Waals surface area contributed by atoms with Crippen LogP contribution in [0.25, 0.3) is 11.1 Å². The molecule has 0 spiro atoms. The molecule has 5 rings (SSSR count). The van der Waals surface area contributed by atoms with E-state index < -0.39 is 40.7 Å². The second-order valence-corrected chi connectivity index (χ2v) is 11.4. The van der Waals surface area contributed by atoms with E-state index >= 15 is 4.39 Å². The zero-order chi connectivity index (χ0) is 29.1. The molecule has 218 valence electrons. The molecule has 0 bridgehead atoms. The summed E-state index contributed by atoms with van der Waals surface area (Å²) in [5, 5.41) is 0. The number of allylic oxidation sites excluding steroid dienone is 2. The van der Waals surface area contributed by atoms with Crippen molar-refractivity contribution in [2.24, 2.45) is 17.8 Å². The second-order valence-electron chi connectivity index (χ2n) is 11.4. The number of alkyl halides is 2. The quantitative estimate of drug-likeness (QED) is 0.202. The summed E-state index contributed by atoms with van der Waals surface area (Å²) in [6.07, 6.45) is 9.30. The molecule has 2 fully saturated rings. The van der Waals surface area contributed by atoms with E-state index in [4.69, 9.17) is 0 Å². The van der Waals surface area contributed by atoms with Gasteiger partial charge in [-0.15, -0.1) is 0 Å². The maximum atomic E-state index is 15.2. The molecule has 2 saturated carbocycles. The molecule has 0 unspecified atom stereocenters. The van der Waals surface area contributed by atoms with Crippen LogP contribution in [0.4, 0.5) is 26.3 Å². The Balaban J connectivity index is 1.26. The minimum atomic E-state index is -4.38. The SMILES string of the molecule is CC=CC1CCC(C2CCC(c3ccc(-c4cc(F)c(C(F)(F)Oc5ccc(F)cc5)c(F)c4)c(F)c3)CC2)CC1. The van der Waals surface area contributed by atoms with Crippen LogP contribution in [0.5, 0.6) is 5.75 Å². The van der Waals surface area contributed by atoms with Crippen molar-refractivity contribution >= 4 is 0 Å². The lowest BCUT2D eigenvalue weighted by Crippen LogP contribution is -2.25. The summed E-state index contributed by atoms with van der Waals surface area (Å²) in [4.78, 5) is 0. The number of halogens is 6. The van der Waals surface area contributed by atoms with Gasteiger partial charge in [0.2, 0.25) is 0 Å². The molecular formula is C34H34F6O. The highest BCUT2D eigenvalue weighted by atomic mass is 19.3. The van der Waals surface area contributed by atoms with Crippen molar-refractivity contribution in [2.75, 3.05) is 0 Å². The molecule has 0 radical (unpaired) electrons. The molecular weight excluding hydrogens is 538 g/mol.